The number of thiocarbonyl (C=S) groups is 1. The molecule has 0 saturated carbocycles. The molecule has 0 aromatic heterocycles. The number of nitrogens with one attached hydrogen (secondary N) is 1. The first-order chi connectivity index (χ1) is 15.6. The van der Waals surface area contributed by atoms with Crippen molar-refractivity contribution in [2.24, 2.45) is 0 Å². The van der Waals surface area contributed by atoms with Crippen molar-refractivity contribution in [2.75, 3.05) is 13.7 Å². The van der Waals surface area contributed by atoms with Crippen molar-refractivity contribution in [3.8, 4) is 5.75 Å². The van der Waals surface area contributed by atoms with Crippen molar-refractivity contribution < 1.29 is 31.8 Å². The first-order valence-corrected chi connectivity index (χ1v) is 10.4. The molecule has 1 aliphatic heterocycles. The smallest absolute Gasteiger partial charge is 0.330 e. The molecule has 1 unspecified atom stereocenters. The van der Waals surface area contributed by atoms with Gasteiger partial charge in [-0.1, -0.05) is 36.4 Å². The number of hydrogen-bond donors (Lipinski definition) is 1. The largest absolute Gasteiger partial charge is 0.496 e. The molecule has 5 nitrogen and oxygen atoms in total. The first-order valence-electron chi connectivity index (χ1n) is 9.96. The fourth-order valence-electron chi connectivity index (χ4n) is 3.31. The maximum absolute atomic E-state index is 13.1. The molecule has 33 heavy (non-hydrogen) atoms. The van der Waals surface area contributed by atoms with Gasteiger partial charge in [-0.05, 0) is 48.5 Å². The van der Waals surface area contributed by atoms with Crippen LogP contribution in [0, 0.1) is 0 Å². The summed E-state index contributed by atoms with van der Waals surface area (Å²) in [6.45, 7) is 0.0569. The summed E-state index contributed by atoms with van der Waals surface area (Å²) in [6.07, 6.45) is -2.26. The van der Waals surface area contributed by atoms with Gasteiger partial charge in [-0.2, -0.15) is 8.78 Å². The van der Waals surface area contributed by atoms with Gasteiger partial charge in [0.25, 0.3) is 5.91 Å². The Bertz CT molecular complexity index is 1050. The monoisotopic (exact) mass is 482 g/mol. The Kier molecular flexibility index (Phi) is 7.70. The van der Waals surface area contributed by atoms with E-state index in [1.807, 2.05) is 37.3 Å². The average Bonchev–Trinajstić information content (AvgIpc) is 3.06. The fourth-order valence-corrected chi connectivity index (χ4v) is 3.66. The highest BCUT2D eigenvalue weighted by atomic mass is 32.1. The Morgan fingerprint density at radius 1 is 1.18 bits per heavy atom. The molecule has 1 N–H and O–H groups in total. The number of carbonyl (C=O) groups is 1. The molecule has 2 aromatic rings. The molecule has 176 valence electrons. The van der Waals surface area contributed by atoms with Crippen molar-refractivity contribution in [3.63, 3.8) is 0 Å². The molecule has 1 fully saturated rings. The van der Waals surface area contributed by atoms with Crippen LogP contribution in [0.15, 0.2) is 54.2 Å². The topological polar surface area (TPSA) is 50.8 Å². The number of rotatable bonds is 9. The van der Waals surface area contributed by atoms with Crippen LogP contribution in [-0.4, -0.2) is 42.0 Å². The van der Waals surface area contributed by atoms with Gasteiger partial charge in [0.2, 0.25) is 0 Å². The van der Waals surface area contributed by atoms with E-state index in [4.69, 9.17) is 21.7 Å². The summed E-state index contributed by atoms with van der Waals surface area (Å²) >= 11 is 5.35. The molecule has 10 heteroatoms. The average molecular weight is 482 g/mol. The summed E-state index contributed by atoms with van der Waals surface area (Å²) in [6, 6.07) is 13.9. The zero-order valence-electron chi connectivity index (χ0n) is 17.9. The van der Waals surface area contributed by atoms with Gasteiger partial charge in [0.15, 0.2) is 5.11 Å². The van der Waals surface area contributed by atoms with Crippen molar-refractivity contribution in [3.05, 3.63) is 70.9 Å². The number of methoxy groups -OCH3 is 1. The number of hydrogen-bond acceptors (Lipinski definition) is 4. The van der Waals surface area contributed by atoms with Gasteiger partial charge in [0, 0.05) is 5.56 Å². The number of halogens is 4. The van der Waals surface area contributed by atoms with Crippen LogP contribution in [0.4, 0.5) is 17.6 Å². The Morgan fingerprint density at radius 2 is 1.88 bits per heavy atom. The summed E-state index contributed by atoms with van der Waals surface area (Å²) in [5.74, 6) is -4.23. The van der Waals surface area contributed by atoms with E-state index in [1.165, 1.54) is 12.0 Å². The predicted octanol–water partition coefficient (Wildman–Crippen LogP) is 4.93. The molecule has 2 aromatic carbocycles. The Hall–Kier alpha value is -2.98. The van der Waals surface area contributed by atoms with Crippen LogP contribution in [0.5, 0.6) is 5.75 Å². The van der Waals surface area contributed by atoms with Crippen molar-refractivity contribution >= 4 is 29.3 Å². The van der Waals surface area contributed by atoms with Crippen LogP contribution in [0.2, 0.25) is 0 Å². The highest BCUT2D eigenvalue weighted by Gasteiger charge is 2.41. The number of benzene rings is 2. The maximum Gasteiger partial charge on any atom is 0.330 e. The molecule has 1 saturated heterocycles. The molecule has 3 rings (SSSR count). The van der Waals surface area contributed by atoms with Gasteiger partial charge >= 0.3 is 12.3 Å². The summed E-state index contributed by atoms with van der Waals surface area (Å²) in [7, 11) is 1.38. The van der Waals surface area contributed by atoms with Crippen LogP contribution < -0.4 is 10.1 Å². The van der Waals surface area contributed by atoms with Gasteiger partial charge < -0.3 is 14.8 Å². The maximum atomic E-state index is 13.1. The minimum atomic E-state index is -4.25. The van der Waals surface area contributed by atoms with Crippen LogP contribution in [0.1, 0.15) is 29.7 Å². The molecule has 0 bridgehead atoms. The predicted molar refractivity (Wildman–Crippen MR) is 119 cm³/mol. The first kappa shape index (κ1) is 24.7. The molecule has 0 radical (unpaired) electrons. The lowest BCUT2D eigenvalue weighted by atomic mass is 10.1. The van der Waals surface area contributed by atoms with Crippen molar-refractivity contribution in [2.45, 2.75) is 31.9 Å². The lowest BCUT2D eigenvalue weighted by molar-refractivity contribution is -0.168. The van der Waals surface area contributed by atoms with E-state index in [1.54, 1.807) is 24.3 Å². The van der Waals surface area contributed by atoms with Gasteiger partial charge in [0.1, 0.15) is 18.1 Å². The number of carbonyl (C=O) groups excluding carboxylic acids is 1. The highest BCUT2D eigenvalue weighted by molar-refractivity contribution is 7.80. The van der Waals surface area contributed by atoms with E-state index >= 15 is 0 Å². The number of ether oxygens (including phenoxy) is 2. The van der Waals surface area contributed by atoms with Crippen LogP contribution in [0.3, 0.4) is 0 Å². The molecule has 0 aliphatic carbocycles. The third kappa shape index (κ3) is 5.69. The lowest BCUT2D eigenvalue weighted by Crippen LogP contribution is -2.33. The summed E-state index contributed by atoms with van der Waals surface area (Å²) in [5.41, 5.74) is 2.06. The molecule has 1 heterocycles. The van der Waals surface area contributed by atoms with Crippen LogP contribution in [-0.2, 0) is 16.1 Å². The SMILES string of the molecule is COc1ccc(/C=C2\NC(=S)N(C(C)c3ccccc3)C2=O)cc1COCC(F)(F)C(F)F. The molecule has 1 aliphatic rings. The lowest BCUT2D eigenvalue weighted by Gasteiger charge is -2.23. The second-order valence-corrected chi connectivity index (χ2v) is 7.76. The quantitative estimate of drug-likeness (QED) is 0.312. The van der Waals surface area contributed by atoms with E-state index in [0.29, 0.717) is 16.9 Å². The Balaban J connectivity index is 1.78. The van der Waals surface area contributed by atoms with Gasteiger partial charge in [0.05, 0.1) is 19.8 Å². The van der Waals surface area contributed by atoms with E-state index in [2.05, 4.69) is 5.32 Å². The number of nitrogens with zero attached hydrogens (tertiary/aromatic N) is 1. The normalized spacial score (nSPS) is 16.5. The van der Waals surface area contributed by atoms with Crippen LogP contribution in [0.25, 0.3) is 6.08 Å². The second kappa shape index (κ2) is 10.3. The minimum absolute atomic E-state index is 0.240. The third-order valence-electron chi connectivity index (χ3n) is 5.07. The van der Waals surface area contributed by atoms with E-state index < -0.39 is 19.0 Å². The molecule has 0 spiro atoms. The molecule has 1 amide bonds. The van der Waals surface area contributed by atoms with Crippen molar-refractivity contribution in [1.29, 1.82) is 0 Å². The summed E-state index contributed by atoms with van der Waals surface area (Å²) in [4.78, 5) is 14.5. The third-order valence-corrected chi connectivity index (χ3v) is 5.36. The second-order valence-electron chi connectivity index (χ2n) is 7.38. The number of alkyl halides is 4. The zero-order valence-corrected chi connectivity index (χ0v) is 18.7. The van der Waals surface area contributed by atoms with Crippen LogP contribution >= 0.6 is 12.2 Å². The molecule has 1 atom stereocenters. The highest BCUT2D eigenvalue weighted by Crippen LogP contribution is 2.28. The zero-order chi connectivity index (χ0) is 24.2. The standard InChI is InChI=1S/C23H22F4N2O3S/c1-14(16-6-4-3-5-7-16)29-20(30)18(28-22(29)33)11-15-8-9-19(31-2)17(10-15)12-32-13-23(26,27)21(24)25/h3-11,14,21H,12-13H2,1-2H3,(H,28,33)/b18-11-. The summed E-state index contributed by atoms with van der Waals surface area (Å²) in [5, 5.41) is 3.16. The van der Waals surface area contributed by atoms with Gasteiger partial charge in [-0.25, -0.2) is 8.78 Å². The molecular formula is C23H22F4N2O3S. The molecular weight excluding hydrogens is 460 g/mol. The minimum Gasteiger partial charge on any atom is -0.496 e. The van der Waals surface area contributed by atoms with Gasteiger partial charge in [-0.3, -0.25) is 9.69 Å². The Morgan fingerprint density at radius 3 is 2.52 bits per heavy atom. The van der Waals surface area contributed by atoms with E-state index in [-0.39, 0.29) is 29.4 Å². The summed E-state index contributed by atoms with van der Waals surface area (Å²) < 4.78 is 60.9. The van der Waals surface area contributed by atoms with Gasteiger partial charge in [-0.15, -0.1) is 0 Å². The van der Waals surface area contributed by atoms with E-state index in [9.17, 15) is 22.4 Å². The van der Waals surface area contributed by atoms with E-state index in [0.717, 1.165) is 5.56 Å². The Labute approximate surface area is 194 Å². The number of amides is 1. The fraction of sp³-hybridized carbons (Fsp3) is 0.304. The van der Waals surface area contributed by atoms with Crippen molar-refractivity contribution in [1.82, 2.24) is 10.2 Å².